The lowest BCUT2D eigenvalue weighted by Crippen LogP contribution is -2.54. The number of nitriles is 1. The first-order valence-corrected chi connectivity index (χ1v) is 20.1. The number of nitrogens with zero attached hydrogens (tertiary/aromatic N) is 6. The van der Waals surface area contributed by atoms with E-state index in [0.717, 1.165) is 92.2 Å². The molecule has 1 spiro atoms. The molecule has 5 amide bonds. The molecule has 5 aliphatic heterocycles. The number of benzene rings is 3. The zero-order valence-corrected chi connectivity index (χ0v) is 32.2. The maximum absolute atomic E-state index is 13.6. The van der Waals surface area contributed by atoms with E-state index in [0.29, 0.717) is 46.4 Å². The van der Waals surface area contributed by atoms with Crippen molar-refractivity contribution in [1.82, 2.24) is 20.0 Å². The summed E-state index contributed by atoms with van der Waals surface area (Å²) >= 11 is 6.37. The Hall–Kier alpha value is -5.25. The lowest BCUT2D eigenvalue weighted by atomic mass is 9.76. The van der Waals surface area contributed by atoms with Gasteiger partial charge in [0.15, 0.2) is 0 Å². The van der Waals surface area contributed by atoms with E-state index in [1.54, 1.807) is 0 Å². The second kappa shape index (κ2) is 14.0. The second-order valence-corrected chi connectivity index (χ2v) is 16.9. The highest BCUT2D eigenvalue weighted by molar-refractivity contribution is 6.32. The number of hydrogen-bond donors (Lipinski definition) is 1. The van der Waals surface area contributed by atoms with Crippen molar-refractivity contribution < 1.29 is 24.0 Å². The first kappa shape index (κ1) is 36.4. The zero-order valence-electron chi connectivity index (χ0n) is 31.4. The molecule has 2 atom stereocenters. The largest absolute Gasteiger partial charge is 0.371 e. The van der Waals surface area contributed by atoms with Gasteiger partial charge in [-0.3, -0.25) is 39.1 Å². The molecule has 1 aliphatic carbocycles. The molecule has 0 aromatic heterocycles. The number of imide groups is 2. The van der Waals surface area contributed by atoms with Gasteiger partial charge in [-0.25, -0.2) is 0 Å². The minimum Gasteiger partial charge on any atom is -0.371 e. The van der Waals surface area contributed by atoms with Crippen LogP contribution < -0.4 is 15.1 Å². The third-order valence-electron chi connectivity index (χ3n) is 13.3. The second-order valence-electron chi connectivity index (χ2n) is 16.5. The van der Waals surface area contributed by atoms with Crippen LogP contribution in [-0.2, 0) is 22.4 Å². The molecule has 3 aromatic rings. The molecule has 5 heterocycles. The number of fused-ring (bicyclic) bond motifs is 2. The SMILES string of the molecule is C[C@H]1CC2(CCN(c3ccc(C(=O)N4CCN(C5Cc6cc7c(cc6C5)C(=O)N(C5CCC(=O)NC5=O)C7=O)CC4)cc3)CC2)CN1c1ccc(C#N)c(Cl)c1. The van der Waals surface area contributed by atoms with Crippen molar-refractivity contribution in [3.8, 4) is 6.07 Å². The number of rotatable bonds is 5. The van der Waals surface area contributed by atoms with Crippen molar-refractivity contribution in [2.45, 2.75) is 70.0 Å². The summed E-state index contributed by atoms with van der Waals surface area (Å²) in [6.45, 7) is 7.92. The lowest BCUT2D eigenvalue weighted by Gasteiger charge is -2.40. The number of hydrogen-bond acceptors (Lipinski definition) is 9. The molecule has 4 fully saturated rings. The molecule has 0 bridgehead atoms. The molecule has 9 rings (SSSR count). The highest BCUT2D eigenvalue weighted by Gasteiger charge is 2.46. The van der Waals surface area contributed by atoms with Crippen LogP contribution in [0.5, 0.6) is 0 Å². The topological polar surface area (TPSA) is 137 Å². The number of halogens is 1. The normalized spacial score (nSPS) is 23.8. The van der Waals surface area contributed by atoms with E-state index in [9.17, 15) is 29.2 Å². The Balaban J connectivity index is 0.766. The quantitative estimate of drug-likeness (QED) is 0.374. The van der Waals surface area contributed by atoms with Gasteiger partial charge < -0.3 is 14.7 Å². The van der Waals surface area contributed by atoms with Crippen LogP contribution in [0.2, 0.25) is 5.02 Å². The standard InChI is InChI=1S/C43H44ClN7O5/c1-26-23-43(25-50(26)32-7-4-28(24-45)36(44)22-32)10-12-47(13-11-43)31-5-2-27(3-6-31)40(54)49-16-14-48(15-17-49)33-18-29-20-34-35(21-30(29)19-33)42(56)51(41(34)55)37-8-9-38(52)46-39(37)53/h2-7,20-22,26,33,37H,8-19,23,25H2,1H3,(H,46,52,53)/t26-,37?/m0/s1. The zero-order chi connectivity index (χ0) is 38.9. The fraction of sp³-hybridized carbons (Fsp3) is 0.442. The molecule has 1 unspecified atom stereocenters. The molecule has 0 radical (unpaired) electrons. The molecule has 56 heavy (non-hydrogen) atoms. The van der Waals surface area contributed by atoms with E-state index in [2.05, 4.69) is 45.1 Å². The maximum Gasteiger partial charge on any atom is 0.262 e. The Morgan fingerprint density at radius 1 is 0.857 bits per heavy atom. The third kappa shape index (κ3) is 6.31. The van der Waals surface area contributed by atoms with Crippen molar-refractivity contribution in [2.75, 3.05) is 55.6 Å². The van der Waals surface area contributed by atoms with Gasteiger partial charge in [0.2, 0.25) is 11.8 Å². The van der Waals surface area contributed by atoms with Crippen molar-refractivity contribution in [3.63, 3.8) is 0 Å². The van der Waals surface area contributed by atoms with Gasteiger partial charge in [0.05, 0.1) is 21.7 Å². The van der Waals surface area contributed by atoms with Crippen LogP contribution in [0.4, 0.5) is 11.4 Å². The molecule has 13 heteroatoms. The van der Waals surface area contributed by atoms with E-state index < -0.39 is 29.7 Å². The van der Waals surface area contributed by atoms with E-state index in [1.165, 1.54) is 0 Å². The van der Waals surface area contributed by atoms with Crippen molar-refractivity contribution >= 4 is 52.5 Å². The minimum absolute atomic E-state index is 0.0421. The predicted molar refractivity (Wildman–Crippen MR) is 210 cm³/mol. The van der Waals surface area contributed by atoms with E-state index in [-0.39, 0.29) is 30.2 Å². The first-order chi connectivity index (χ1) is 27.0. The van der Waals surface area contributed by atoms with Gasteiger partial charge in [-0.1, -0.05) is 11.6 Å². The summed E-state index contributed by atoms with van der Waals surface area (Å²) in [5.74, 6) is -1.91. The number of anilines is 2. The minimum atomic E-state index is -0.972. The predicted octanol–water partition coefficient (Wildman–Crippen LogP) is 4.42. The molecular weight excluding hydrogens is 730 g/mol. The Labute approximate surface area is 330 Å². The van der Waals surface area contributed by atoms with E-state index >= 15 is 0 Å². The van der Waals surface area contributed by atoms with Crippen molar-refractivity contribution in [2.24, 2.45) is 5.41 Å². The van der Waals surface area contributed by atoms with Gasteiger partial charge in [0.1, 0.15) is 12.1 Å². The summed E-state index contributed by atoms with van der Waals surface area (Å²) in [6.07, 6.45) is 5.04. The van der Waals surface area contributed by atoms with Crippen LogP contribution in [0.15, 0.2) is 54.6 Å². The highest BCUT2D eigenvalue weighted by Crippen LogP contribution is 2.46. The van der Waals surface area contributed by atoms with Gasteiger partial charge in [0, 0.05) is 81.3 Å². The maximum atomic E-state index is 13.6. The molecule has 4 saturated heterocycles. The Kier molecular flexibility index (Phi) is 9.13. The number of piperazine rings is 1. The molecular formula is C43H44ClN7O5. The van der Waals surface area contributed by atoms with Crippen LogP contribution in [0.25, 0.3) is 0 Å². The molecule has 6 aliphatic rings. The van der Waals surface area contributed by atoms with Gasteiger partial charge in [-0.15, -0.1) is 0 Å². The van der Waals surface area contributed by atoms with Crippen LogP contribution in [0, 0.1) is 16.7 Å². The monoisotopic (exact) mass is 773 g/mol. The number of piperidine rings is 2. The lowest BCUT2D eigenvalue weighted by molar-refractivity contribution is -0.136. The Morgan fingerprint density at radius 2 is 1.50 bits per heavy atom. The fourth-order valence-corrected chi connectivity index (χ4v) is 10.4. The van der Waals surface area contributed by atoms with Crippen molar-refractivity contribution in [3.05, 3.63) is 93.0 Å². The van der Waals surface area contributed by atoms with E-state index in [4.69, 9.17) is 11.6 Å². The fourth-order valence-electron chi connectivity index (χ4n) is 10.2. The summed E-state index contributed by atoms with van der Waals surface area (Å²) in [4.78, 5) is 74.6. The molecule has 1 N–H and O–H groups in total. The van der Waals surface area contributed by atoms with Crippen LogP contribution in [0.1, 0.15) is 86.8 Å². The van der Waals surface area contributed by atoms with E-state index in [1.807, 2.05) is 47.4 Å². The number of carbonyl (C=O) groups is 5. The number of nitrogens with one attached hydrogen (secondary N) is 1. The number of carbonyl (C=O) groups excluding carboxylic acids is 5. The highest BCUT2D eigenvalue weighted by atomic mass is 35.5. The Morgan fingerprint density at radius 3 is 2.11 bits per heavy atom. The summed E-state index contributed by atoms with van der Waals surface area (Å²) in [5.41, 5.74) is 6.39. The first-order valence-electron chi connectivity index (χ1n) is 19.7. The molecule has 0 saturated carbocycles. The number of amides is 5. The average Bonchev–Trinajstić information content (AvgIpc) is 3.84. The van der Waals surface area contributed by atoms with Gasteiger partial charge in [0.25, 0.3) is 17.7 Å². The molecule has 288 valence electrons. The Bertz CT molecular complexity index is 2160. The molecule has 3 aromatic carbocycles. The summed E-state index contributed by atoms with van der Waals surface area (Å²) in [5, 5.41) is 12.0. The van der Waals surface area contributed by atoms with Gasteiger partial charge in [-0.2, -0.15) is 5.26 Å². The molecule has 12 nitrogen and oxygen atoms in total. The van der Waals surface area contributed by atoms with Crippen LogP contribution in [-0.4, -0.2) is 108 Å². The van der Waals surface area contributed by atoms with Gasteiger partial charge >= 0.3 is 0 Å². The summed E-state index contributed by atoms with van der Waals surface area (Å²) in [6, 6.07) is 19.3. The third-order valence-corrected chi connectivity index (χ3v) is 13.6. The smallest absolute Gasteiger partial charge is 0.262 e. The van der Waals surface area contributed by atoms with Crippen LogP contribution in [0.3, 0.4) is 0 Å². The summed E-state index contributed by atoms with van der Waals surface area (Å²) < 4.78 is 0. The summed E-state index contributed by atoms with van der Waals surface area (Å²) in [7, 11) is 0. The van der Waals surface area contributed by atoms with Crippen LogP contribution >= 0.6 is 11.6 Å². The van der Waals surface area contributed by atoms with Gasteiger partial charge in [-0.05, 0) is 117 Å². The average molecular weight is 774 g/mol. The van der Waals surface area contributed by atoms with Crippen molar-refractivity contribution in [1.29, 1.82) is 5.26 Å².